The van der Waals surface area contributed by atoms with Gasteiger partial charge in [0, 0.05) is 4.90 Å². The molecule has 1 aromatic carbocycles. The lowest BCUT2D eigenvalue weighted by atomic mass is 10.4. The summed E-state index contributed by atoms with van der Waals surface area (Å²) in [5.74, 6) is -0.236. The summed E-state index contributed by atoms with van der Waals surface area (Å²) in [5, 5.41) is 0.856. The van der Waals surface area contributed by atoms with Crippen molar-refractivity contribution in [2.45, 2.75) is 14.3 Å². The van der Waals surface area contributed by atoms with Gasteiger partial charge in [-0.25, -0.2) is 19.3 Å². The third-order valence-corrected chi connectivity index (χ3v) is 5.52. The average Bonchev–Trinajstić information content (AvgIpc) is 2.85. The Morgan fingerprint density at radius 1 is 1.16 bits per heavy atom. The predicted octanol–water partition coefficient (Wildman–Crippen LogP) is 4.10. The summed E-state index contributed by atoms with van der Waals surface area (Å²) in [6, 6.07) is 6.37. The van der Waals surface area contributed by atoms with Gasteiger partial charge in [-0.1, -0.05) is 23.5 Å². The lowest BCUT2D eigenvalue weighted by Crippen LogP contribution is -1.84. The molecule has 0 aliphatic carbocycles. The highest BCUT2D eigenvalue weighted by Gasteiger charge is 2.11. The first-order chi connectivity index (χ1) is 9.26. The highest BCUT2D eigenvalue weighted by Crippen LogP contribution is 2.36. The van der Waals surface area contributed by atoms with Gasteiger partial charge in [0.15, 0.2) is 9.99 Å². The maximum absolute atomic E-state index is 12.9. The monoisotopic (exact) mass is 309 g/mol. The van der Waals surface area contributed by atoms with Gasteiger partial charge in [-0.2, -0.15) is 0 Å². The number of benzene rings is 1. The summed E-state index contributed by atoms with van der Waals surface area (Å²) in [4.78, 5) is 13.8. The van der Waals surface area contributed by atoms with Crippen molar-refractivity contribution < 1.29 is 4.39 Å². The highest BCUT2D eigenvalue weighted by molar-refractivity contribution is 8.01. The van der Waals surface area contributed by atoms with Crippen molar-refractivity contribution in [2.75, 3.05) is 6.26 Å². The SMILES string of the molecule is CSc1nc2ncnc(Sc3ccc(F)cc3)c2s1. The molecule has 0 aliphatic heterocycles. The molecule has 0 saturated heterocycles. The second-order valence-electron chi connectivity index (χ2n) is 3.57. The highest BCUT2D eigenvalue weighted by atomic mass is 32.2. The van der Waals surface area contributed by atoms with Crippen LogP contribution >= 0.6 is 34.9 Å². The van der Waals surface area contributed by atoms with Crippen molar-refractivity contribution in [3.05, 3.63) is 36.4 Å². The summed E-state index contributed by atoms with van der Waals surface area (Å²) in [5.41, 5.74) is 0.717. The first-order valence-corrected chi connectivity index (χ1v) is 8.21. The van der Waals surface area contributed by atoms with Crippen LogP contribution < -0.4 is 0 Å². The summed E-state index contributed by atoms with van der Waals surface area (Å²) in [7, 11) is 0. The van der Waals surface area contributed by atoms with E-state index in [1.54, 1.807) is 35.2 Å². The molecular weight excluding hydrogens is 301 g/mol. The summed E-state index contributed by atoms with van der Waals surface area (Å²) in [6.07, 6.45) is 3.50. The zero-order valence-corrected chi connectivity index (χ0v) is 12.3. The Labute approximate surface area is 121 Å². The fourth-order valence-corrected chi connectivity index (χ4v) is 3.92. The Kier molecular flexibility index (Phi) is 3.67. The standard InChI is InChI=1S/C12H8FN3S3/c1-17-12-16-10-9(19-12)11(15-6-14-10)18-8-4-2-7(13)3-5-8/h2-6H,1H3. The van der Waals surface area contributed by atoms with E-state index in [1.807, 2.05) is 6.26 Å². The molecule has 0 bridgehead atoms. The molecule has 0 radical (unpaired) electrons. The molecule has 0 spiro atoms. The number of thiazole rings is 1. The minimum Gasteiger partial charge on any atom is -0.228 e. The number of thioether (sulfide) groups is 1. The minimum atomic E-state index is -0.236. The Balaban J connectivity index is 2.00. The van der Waals surface area contributed by atoms with Crippen LogP contribution in [0.4, 0.5) is 4.39 Å². The van der Waals surface area contributed by atoms with Crippen molar-refractivity contribution in [3.63, 3.8) is 0 Å². The van der Waals surface area contributed by atoms with Crippen LogP contribution in [-0.4, -0.2) is 21.2 Å². The molecule has 0 amide bonds. The van der Waals surface area contributed by atoms with E-state index in [9.17, 15) is 4.39 Å². The van der Waals surface area contributed by atoms with Gasteiger partial charge in [-0.3, -0.25) is 0 Å². The van der Waals surface area contributed by atoms with E-state index in [4.69, 9.17) is 0 Å². The molecule has 0 atom stereocenters. The number of rotatable bonds is 3. The molecule has 3 aromatic rings. The molecule has 2 aromatic heterocycles. The van der Waals surface area contributed by atoms with Crippen LogP contribution in [-0.2, 0) is 0 Å². The van der Waals surface area contributed by atoms with Crippen LogP contribution in [0.3, 0.4) is 0 Å². The van der Waals surface area contributed by atoms with Gasteiger partial charge >= 0.3 is 0 Å². The average molecular weight is 309 g/mol. The number of halogens is 1. The van der Waals surface area contributed by atoms with E-state index >= 15 is 0 Å². The third-order valence-electron chi connectivity index (χ3n) is 2.34. The van der Waals surface area contributed by atoms with E-state index < -0.39 is 0 Å². The normalized spacial score (nSPS) is 11.1. The van der Waals surface area contributed by atoms with Crippen molar-refractivity contribution in [1.29, 1.82) is 0 Å². The topological polar surface area (TPSA) is 38.7 Å². The molecule has 0 N–H and O–H groups in total. The number of fused-ring (bicyclic) bond motifs is 1. The van der Waals surface area contributed by atoms with Crippen LogP contribution in [0.1, 0.15) is 0 Å². The summed E-state index contributed by atoms with van der Waals surface area (Å²) in [6.45, 7) is 0. The number of hydrogen-bond acceptors (Lipinski definition) is 6. The first-order valence-electron chi connectivity index (χ1n) is 5.35. The molecule has 7 heteroatoms. The second-order valence-corrected chi connectivity index (χ2v) is 6.69. The fraction of sp³-hybridized carbons (Fsp3) is 0.0833. The van der Waals surface area contributed by atoms with Crippen LogP contribution in [0.15, 0.2) is 44.9 Å². The number of hydrogen-bond donors (Lipinski definition) is 0. The lowest BCUT2D eigenvalue weighted by molar-refractivity contribution is 0.626. The molecule has 0 unspecified atom stereocenters. The zero-order valence-electron chi connectivity index (χ0n) is 9.83. The van der Waals surface area contributed by atoms with E-state index in [1.165, 1.54) is 30.2 Å². The first kappa shape index (κ1) is 12.8. The van der Waals surface area contributed by atoms with Crippen molar-refractivity contribution in [3.8, 4) is 0 Å². The third kappa shape index (κ3) is 2.72. The van der Waals surface area contributed by atoms with E-state index in [0.29, 0.717) is 5.65 Å². The Bertz CT molecular complexity index is 712. The zero-order chi connectivity index (χ0) is 13.2. The van der Waals surface area contributed by atoms with Gasteiger partial charge in [-0.15, -0.1) is 11.3 Å². The number of aromatic nitrogens is 3. The maximum atomic E-state index is 12.9. The Hall–Kier alpha value is -1.18. The predicted molar refractivity (Wildman–Crippen MR) is 77.5 cm³/mol. The van der Waals surface area contributed by atoms with Gasteiger partial charge in [-0.05, 0) is 30.5 Å². The van der Waals surface area contributed by atoms with E-state index in [0.717, 1.165) is 19.0 Å². The van der Waals surface area contributed by atoms with Crippen molar-refractivity contribution in [1.82, 2.24) is 15.0 Å². The summed E-state index contributed by atoms with van der Waals surface area (Å²) < 4.78 is 14.8. The van der Waals surface area contributed by atoms with E-state index in [-0.39, 0.29) is 5.82 Å². The smallest absolute Gasteiger partial charge is 0.175 e. The molecule has 3 nitrogen and oxygen atoms in total. The second kappa shape index (κ2) is 5.44. The van der Waals surface area contributed by atoms with Crippen LogP contribution in [0.5, 0.6) is 0 Å². The van der Waals surface area contributed by atoms with Gasteiger partial charge in [0.25, 0.3) is 0 Å². The molecule has 0 aliphatic rings. The van der Waals surface area contributed by atoms with E-state index in [2.05, 4.69) is 15.0 Å². The minimum absolute atomic E-state index is 0.236. The van der Waals surface area contributed by atoms with Crippen LogP contribution in [0.25, 0.3) is 10.3 Å². The molecule has 96 valence electrons. The van der Waals surface area contributed by atoms with Crippen LogP contribution in [0, 0.1) is 5.82 Å². The molecule has 19 heavy (non-hydrogen) atoms. The molecular formula is C12H8FN3S3. The molecule has 3 rings (SSSR count). The quantitative estimate of drug-likeness (QED) is 0.538. The Morgan fingerprint density at radius 2 is 1.95 bits per heavy atom. The largest absolute Gasteiger partial charge is 0.228 e. The van der Waals surface area contributed by atoms with Gasteiger partial charge in [0.1, 0.15) is 21.9 Å². The van der Waals surface area contributed by atoms with Crippen molar-refractivity contribution in [2.24, 2.45) is 0 Å². The molecule has 0 fully saturated rings. The fourth-order valence-electron chi connectivity index (χ4n) is 1.49. The maximum Gasteiger partial charge on any atom is 0.175 e. The van der Waals surface area contributed by atoms with Gasteiger partial charge in [0.05, 0.1) is 0 Å². The summed E-state index contributed by atoms with van der Waals surface area (Å²) >= 11 is 4.66. The number of nitrogens with zero attached hydrogens (tertiary/aromatic N) is 3. The molecule has 2 heterocycles. The lowest BCUT2D eigenvalue weighted by Gasteiger charge is -2.00. The van der Waals surface area contributed by atoms with Gasteiger partial charge in [0.2, 0.25) is 0 Å². The molecule has 0 saturated carbocycles. The Morgan fingerprint density at radius 3 is 2.68 bits per heavy atom. The van der Waals surface area contributed by atoms with Crippen LogP contribution in [0.2, 0.25) is 0 Å². The van der Waals surface area contributed by atoms with Crippen molar-refractivity contribution >= 4 is 45.2 Å². The van der Waals surface area contributed by atoms with Gasteiger partial charge < -0.3 is 0 Å².